The first-order chi connectivity index (χ1) is 12.6. The summed E-state index contributed by atoms with van der Waals surface area (Å²) in [6, 6.07) is 17.1. The summed E-state index contributed by atoms with van der Waals surface area (Å²) in [4.78, 5) is 12.2. The Bertz CT molecular complexity index is 1010. The van der Waals surface area contributed by atoms with Crippen LogP contribution in [0.5, 0.6) is 0 Å². The zero-order valence-electron chi connectivity index (χ0n) is 14.1. The zero-order chi connectivity index (χ0) is 18.1. The van der Waals surface area contributed by atoms with Crippen LogP contribution >= 0.6 is 23.2 Å². The van der Waals surface area contributed by atoms with Crippen LogP contribution in [0, 0.1) is 0 Å². The van der Waals surface area contributed by atoms with Gasteiger partial charge in [0.15, 0.2) is 18.9 Å². The first-order valence-corrected chi connectivity index (χ1v) is 8.92. The predicted molar refractivity (Wildman–Crippen MR) is 105 cm³/mol. The highest BCUT2D eigenvalue weighted by molar-refractivity contribution is 6.36. The van der Waals surface area contributed by atoms with Gasteiger partial charge in [0.05, 0.1) is 15.6 Å². The van der Waals surface area contributed by atoms with Crippen molar-refractivity contribution in [3.05, 3.63) is 93.7 Å². The maximum Gasteiger partial charge on any atom is 0.256 e. The number of para-hydroxylation sites is 1. The van der Waals surface area contributed by atoms with Crippen LogP contribution in [0.3, 0.4) is 0 Å². The van der Waals surface area contributed by atoms with E-state index >= 15 is 0 Å². The van der Waals surface area contributed by atoms with Crippen molar-refractivity contribution in [3.8, 4) is 0 Å². The summed E-state index contributed by atoms with van der Waals surface area (Å²) < 4.78 is 2.00. The highest BCUT2D eigenvalue weighted by atomic mass is 35.5. The first kappa shape index (κ1) is 19.4. The molecular weight excluding hydrogens is 403 g/mol. The Morgan fingerprint density at radius 1 is 0.926 bits per heavy atom. The molecule has 0 aliphatic carbocycles. The van der Waals surface area contributed by atoms with Crippen LogP contribution in [-0.2, 0) is 11.3 Å². The standard InChI is InChI=1S/C21H14Cl2N2O.ClH/c22-18-5-3-6-19(23)17(18)13-25-10-8-14(9-11-25)12-16-15-4-1-2-7-20(15)24-21(16)26;/h1-12H,13H2;1H. The van der Waals surface area contributed by atoms with Crippen molar-refractivity contribution in [2.75, 3.05) is 5.32 Å². The summed E-state index contributed by atoms with van der Waals surface area (Å²) in [6.07, 6.45) is 5.80. The summed E-state index contributed by atoms with van der Waals surface area (Å²) in [5, 5.41) is 4.18. The topological polar surface area (TPSA) is 33.0 Å². The molecule has 4 rings (SSSR count). The Labute approximate surface area is 173 Å². The molecular formula is C21H15Cl3N2O. The number of halogens is 3. The molecule has 0 radical (unpaired) electrons. The molecule has 1 aromatic heterocycles. The third-order valence-corrected chi connectivity index (χ3v) is 5.05. The molecule has 0 saturated carbocycles. The van der Waals surface area contributed by atoms with Gasteiger partial charge in [-0.1, -0.05) is 47.5 Å². The van der Waals surface area contributed by atoms with Crippen molar-refractivity contribution in [1.29, 1.82) is 0 Å². The zero-order valence-corrected chi connectivity index (χ0v) is 16.4. The molecule has 136 valence electrons. The van der Waals surface area contributed by atoms with Gasteiger partial charge in [0.1, 0.15) is 0 Å². The number of aromatic nitrogens is 1. The molecule has 1 aliphatic heterocycles. The number of nitrogens with zero attached hydrogens (tertiary/aromatic N) is 1. The van der Waals surface area contributed by atoms with Gasteiger partial charge in [-0.05, 0) is 29.8 Å². The van der Waals surface area contributed by atoms with Gasteiger partial charge < -0.3 is 17.7 Å². The molecule has 3 nitrogen and oxygen atoms in total. The Hall–Kier alpha value is -2.33. The summed E-state index contributed by atoms with van der Waals surface area (Å²) >= 11 is 12.5. The lowest BCUT2D eigenvalue weighted by Crippen LogP contribution is -3.00. The summed E-state index contributed by atoms with van der Waals surface area (Å²) in [7, 11) is 0. The number of carbonyl (C=O) groups excluding carboxylic acids is 1. The van der Waals surface area contributed by atoms with Crippen molar-refractivity contribution < 1.29 is 21.8 Å². The average Bonchev–Trinajstić information content (AvgIpc) is 2.95. The average molecular weight is 418 g/mol. The van der Waals surface area contributed by atoms with Crippen molar-refractivity contribution in [1.82, 2.24) is 0 Å². The molecule has 3 aromatic rings. The molecule has 0 spiro atoms. The lowest BCUT2D eigenvalue weighted by molar-refractivity contribution is -0.688. The van der Waals surface area contributed by atoms with Crippen LogP contribution in [0.2, 0.25) is 10.0 Å². The van der Waals surface area contributed by atoms with E-state index in [0.29, 0.717) is 22.2 Å². The maximum absolute atomic E-state index is 12.2. The van der Waals surface area contributed by atoms with E-state index in [4.69, 9.17) is 23.2 Å². The molecule has 27 heavy (non-hydrogen) atoms. The number of pyridine rings is 1. The van der Waals surface area contributed by atoms with Crippen LogP contribution in [0.1, 0.15) is 16.7 Å². The fourth-order valence-corrected chi connectivity index (χ4v) is 3.50. The van der Waals surface area contributed by atoms with E-state index in [1.165, 1.54) is 0 Å². The van der Waals surface area contributed by atoms with E-state index in [1.54, 1.807) is 0 Å². The maximum atomic E-state index is 12.2. The van der Waals surface area contributed by atoms with Crippen molar-refractivity contribution >= 4 is 46.4 Å². The minimum absolute atomic E-state index is 0. The van der Waals surface area contributed by atoms with Gasteiger partial charge in [-0.25, -0.2) is 4.57 Å². The Balaban J connectivity index is 0.00000210. The quantitative estimate of drug-likeness (QED) is 0.512. The first-order valence-electron chi connectivity index (χ1n) is 8.16. The largest absolute Gasteiger partial charge is 1.00 e. The molecule has 2 heterocycles. The lowest BCUT2D eigenvalue weighted by atomic mass is 10.0. The van der Waals surface area contributed by atoms with Crippen molar-refractivity contribution in [2.24, 2.45) is 0 Å². The number of carbonyl (C=O) groups is 1. The number of benzene rings is 2. The SMILES string of the molecule is O=C1Nc2ccccc2/C1=C\c1cc[n+](Cc2c(Cl)cccc2Cl)cc1.[Cl-]. The van der Waals surface area contributed by atoms with Gasteiger partial charge in [0, 0.05) is 29.0 Å². The van der Waals surface area contributed by atoms with Gasteiger partial charge >= 0.3 is 0 Å². The molecule has 0 fully saturated rings. The number of hydrogen-bond donors (Lipinski definition) is 1. The lowest BCUT2D eigenvalue weighted by Gasteiger charge is -2.04. The van der Waals surface area contributed by atoms with E-state index in [1.807, 2.05) is 77.6 Å². The Morgan fingerprint density at radius 3 is 2.30 bits per heavy atom. The number of rotatable bonds is 3. The fraction of sp³-hybridized carbons (Fsp3) is 0.0476. The fourth-order valence-electron chi connectivity index (χ4n) is 2.99. The normalized spacial score (nSPS) is 13.9. The van der Waals surface area contributed by atoms with Gasteiger partial charge in [-0.3, -0.25) is 4.79 Å². The molecule has 2 aromatic carbocycles. The number of amides is 1. The van der Waals surface area contributed by atoms with Gasteiger partial charge in [0.25, 0.3) is 5.91 Å². The van der Waals surface area contributed by atoms with Crippen LogP contribution < -0.4 is 22.3 Å². The predicted octanol–water partition coefficient (Wildman–Crippen LogP) is 1.83. The van der Waals surface area contributed by atoms with Gasteiger partial charge in [0.2, 0.25) is 0 Å². The van der Waals surface area contributed by atoms with E-state index in [9.17, 15) is 4.79 Å². The molecule has 1 amide bonds. The molecule has 1 N–H and O–H groups in total. The summed E-state index contributed by atoms with van der Waals surface area (Å²) in [6.45, 7) is 0.582. The van der Waals surface area contributed by atoms with E-state index in [0.717, 1.165) is 22.4 Å². The van der Waals surface area contributed by atoms with Crippen LogP contribution in [0.15, 0.2) is 67.0 Å². The molecule has 1 aliphatic rings. The summed E-state index contributed by atoms with van der Waals surface area (Å²) in [5.41, 5.74) is 4.29. The second-order valence-electron chi connectivity index (χ2n) is 6.06. The van der Waals surface area contributed by atoms with Crippen molar-refractivity contribution in [2.45, 2.75) is 6.54 Å². The second kappa shape index (κ2) is 8.13. The van der Waals surface area contributed by atoms with E-state index in [2.05, 4.69) is 5.32 Å². The van der Waals surface area contributed by atoms with Crippen molar-refractivity contribution in [3.63, 3.8) is 0 Å². The van der Waals surface area contributed by atoms with Gasteiger partial charge in [-0.15, -0.1) is 0 Å². The molecule has 0 bridgehead atoms. The highest BCUT2D eigenvalue weighted by Crippen LogP contribution is 2.32. The molecule has 0 unspecified atom stereocenters. The minimum atomic E-state index is -0.0780. The van der Waals surface area contributed by atoms with Crippen LogP contribution in [0.25, 0.3) is 11.6 Å². The van der Waals surface area contributed by atoms with Crippen LogP contribution in [-0.4, -0.2) is 5.91 Å². The van der Waals surface area contributed by atoms with E-state index in [-0.39, 0.29) is 18.3 Å². The number of nitrogens with one attached hydrogen (secondary N) is 1. The van der Waals surface area contributed by atoms with Crippen LogP contribution in [0.4, 0.5) is 5.69 Å². The van der Waals surface area contributed by atoms with Gasteiger partial charge in [-0.2, -0.15) is 0 Å². The molecule has 6 heteroatoms. The highest BCUT2D eigenvalue weighted by Gasteiger charge is 2.23. The Kier molecular flexibility index (Phi) is 5.85. The summed E-state index contributed by atoms with van der Waals surface area (Å²) in [5.74, 6) is -0.0780. The second-order valence-corrected chi connectivity index (χ2v) is 6.88. The smallest absolute Gasteiger partial charge is 0.256 e. The van der Waals surface area contributed by atoms with E-state index < -0.39 is 0 Å². The monoisotopic (exact) mass is 416 g/mol. The molecule has 0 saturated heterocycles. The Morgan fingerprint density at radius 2 is 1.59 bits per heavy atom. The third kappa shape index (κ3) is 4.01. The number of anilines is 1. The number of hydrogen-bond acceptors (Lipinski definition) is 1. The molecule has 0 atom stereocenters. The minimum Gasteiger partial charge on any atom is -1.00 e. The third-order valence-electron chi connectivity index (χ3n) is 4.34. The number of fused-ring (bicyclic) bond motifs is 1.